The van der Waals surface area contributed by atoms with Crippen LogP contribution in [0.3, 0.4) is 0 Å². The molecule has 9 rings (SSSR count). The zero-order valence-corrected chi connectivity index (χ0v) is 42.9. The number of carbonyl (C=O) groups excluding carboxylic acids is 3. The normalized spacial score (nSPS) is 16.7. The maximum Gasteiger partial charge on any atom is 0.260 e. The quantitative estimate of drug-likeness (QED) is 0.0617. The van der Waals surface area contributed by atoms with E-state index in [2.05, 4.69) is 45.0 Å². The number of para-hydroxylation sites is 2. The van der Waals surface area contributed by atoms with E-state index in [0.717, 1.165) is 58.0 Å². The Labute approximate surface area is 424 Å². The topological polar surface area (TPSA) is 123 Å². The summed E-state index contributed by atoms with van der Waals surface area (Å²) in [5.41, 5.74) is 10.8. The van der Waals surface area contributed by atoms with Gasteiger partial charge in [-0.25, -0.2) is 0 Å². The van der Waals surface area contributed by atoms with Gasteiger partial charge in [0.2, 0.25) is 0 Å². The van der Waals surface area contributed by atoms with Crippen LogP contribution in [-0.4, -0.2) is 117 Å². The van der Waals surface area contributed by atoms with Gasteiger partial charge in [0, 0.05) is 88.9 Å². The molecule has 2 atom stereocenters. The molecule has 4 aliphatic rings. The smallest absolute Gasteiger partial charge is 0.260 e. The number of methoxy groups -OCH3 is 2. The average Bonchev–Trinajstić information content (AvgIpc) is 3.88. The molecule has 0 bridgehead atoms. The number of hydrogen-bond acceptors (Lipinski definition) is 12. The number of anilines is 5. The van der Waals surface area contributed by atoms with Gasteiger partial charge < -0.3 is 52.9 Å². The summed E-state index contributed by atoms with van der Waals surface area (Å²) in [7, 11) is 7.32. The van der Waals surface area contributed by atoms with Gasteiger partial charge >= 0.3 is 0 Å². The Balaban J connectivity index is 0.997. The molecule has 4 aliphatic heterocycles. The molecule has 380 valence electrons. The Bertz CT molecular complexity index is 2780. The molecule has 0 fully saturated rings. The number of benzene rings is 5. The summed E-state index contributed by atoms with van der Waals surface area (Å²) in [5.74, 6) is 1.83. The Hall–Kier alpha value is -6.61. The van der Waals surface area contributed by atoms with Gasteiger partial charge in [0.1, 0.15) is 24.7 Å². The molecule has 0 spiro atoms. The molecule has 0 N–H and O–H groups in total. The third kappa shape index (κ3) is 10.8. The first-order valence-corrected chi connectivity index (χ1v) is 25.3. The number of rotatable bonds is 22. The Morgan fingerprint density at radius 3 is 1.76 bits per heavy atom. The zero-order chi connectivity index (χ0) is 50.5. The van der Waals surface area contributed by atoms with E-state index in [9.17, 15) is 14.4 Å². The highest BCUT2D eigenvalue weighted by molar-refractivity contribution is 6.13. The van der Waals surface area contributed by atoms with Gasteiger partial charge in [-0.05, 0) is 96.5 Å². The number of likely N-dealkylation sites (N-methyl/N-ethyl adjacent to an activating group) is 2. The van der Waals surface area contributed by atoms with Gasteiger partial charge in [0.15, 0.2) is 11.5 Å². The highest BCUT2D eigenvalue weighted by Crippen LogP contribution is 2.43. The van der Waals surface area contributed by atoms with Gasteiger partial charge in [0.05, 0.1) is 74.7 Å². The summed E-state index contributed by atoms with van der Waals surface area (Å²) >= 11 is 0. The van der Waals surface area contributed by atoms with Crippen LogP contribution in [0.4, 0.5) is 28.4 Å². The molecule has 0 unspecified atom stereocenters. The van der Waals surface area contributed by atoms with Crippen LogP contribution < -0.4 is 38.7 Å². The van der Waals surface area contributed by atoms with Crippen molar-refractivity contribution in [3.05, 3.63) is 130 Å². The number of ketones is 1. The van der Waals surface area contributed by atoms with Gasteiger partial charge in [-0.3, -0.25) is 14.4 Å². The second-order valence-electron chi connectivity index (χ2n) is 19.8. The summed E-state index contributed by atoms with van der Waals surface area (Å²) in [5, 5.41) is 0. The van der Waals surface area contributed by atoms with E-state index in [1.54, 1.807) is 14.2 Å². The van der Waals surface area contributed by atoms with Crippen LogP contribution >= 0.6 is 0 Å². The number of aryl methyl sites for hydroxylation is 1. The minimum atomic E-state index is -0.0571. The summed E-state index contributed by atoms with van der Waals surface area (Å²) in [4.78, 5) is 52.0. The Morgan fingerprint density at radius 1 is 0.639 bits per heavy atom. The molecular formula is C58H69N5O9. The van der Waals surface area contributed by atoms with Crippen molar-refractivity contribution < 1.29 is 42.8 Å². The predicted molar refractivity (Wildman–Crippen MR) is 282 cm³/mol. The lowest BCUT2D eigenvalue weighted by atomic mass is 10.0. The summed E-state index contributed by atoms with van der Waals surface area (Å²) in [6.45, 7) is 11.3. The van der Waals surface area contributed by atoms with Crippen molar-refractivity contribution in [1.82, 2.24) is 0 Å². The first-order chi connectivity index (χ1) is 34.9. The third-order valence-electron chi connectivity index (χ3n) is 14.4. The van der Waals surface area contributed by atoms with Crippen molar-refractivity contribution in [2.75, 3.05) is 112 Å². The molecule has 0 aliphatic carbocycles. The lowest BCUT2D eigenvalue weighted by molar-refractivity contribution is -0.121. The van der Waals surface area contributed by atoms with Crippen LogP contribution in [-0.2, 0) is 45.1 Å². The number of ether oxygens (including phenoxy) is 6. The molecule has 72 heavy (non-hydrogen) atoms. The molecule has 14 nitrogen and oxygen atoms in total. The van der Waals surface area contributed by atoms with Crippen LogP contribution in [0.1, 0.15) is 75.2 Å². The highest BCUT2D eigenvalue weighted by Gasteiger charge is 2.41. The molecule has 14 heteroatoms. The maximum atomic E-state index is 14.3. The van der Waals surface area contributed by atoms with Crippen LogP contribution in [0, 0.1) is 12.8 Å². The van der Waals surface area contributed by atoms with Crippen molar-refractivity contribution in [2.45, 2.75) is 71.8 Å². The van der Waals surface area contributed by atoms with Crippen LogP contribution in [0.2, 0.25) is 0 Å². The summed E-state index contributed by atoms with van der Waals surface area (Å²) in [6.07, 6.45) is 2.76. The minimum absolute atomic E-state index is 0.00421. The lowest BCUT2D eigenvalue weighted by Crippen LogP contribution is -2.41. The van der Waals surface area contributed by atoms with E-state index in [0.29, 0.717) is 100 Å². The van der Waals surface area contributed by atoms with Crippen LogP contribution in [0.25, 0.3) is 0 Å². The second-order valence-corrected chi connectivity index (χ2v) is 19.8. The van der Waals surface area contributed by atoms with E-state index < -0.39 is 0 Å². The maximum absolute atomic E-state index is 14.3. The number of carbonyl (C=O) groups is 3. The molecule has 0 aromatic heterocycles. The standard InChI is InChI=1S/C58H69N5O9/c1-38(2)53(64)17-12-18-61(19-20-69-23-24-70-22-21-67-6)44-27-40(36-71-54-32-51-47(25-39(54)3)57(65)62-45(34-59(51)4)29-42-13-8-10-15-49(42)62)26-41(28-44)37-72-56-33-52-48(31-55(56)68-7)58(66)63-46(35-60(52)5)30-43-14-9-11-16-50(43)63/h8-11,13-16,25-28,31-33,38,45-46H,12,17-24,29-30,34-37H2,1-7H3/t45-,46-/m0/s1. The van der Waals surface area contributed by atoms with Gasteiger partial charge in [-0.15, -0.1) is 0 Å². The largest absolute Gasteiger partial charge is 0.493 e. The van der Waals surface area contributed by atoms with E-state index in [4.69, 9.17) is 28.4 Å². The van der Waals surface area contributed by atoms with Gasteiger partial charge in [-0.1, -0.05) is 50.2 Å². The molecule has 0 saturated heterocycles. The third-order valence-corrected chi connectivity index (χ3v) is 14.4. The number of hydrogen-bond donors (Lipinski definition) is 0. The van der Waals surface area contributed by atoms with Gasteiger partial charge in [0.25, 0.3) is 11.8 Å². The molecule has 2 amide bonds. The molecule has 4 heterocycles. The lowest BCUT2D eigenvalue weighted by Gasteiger charge is -2.27. The second kappa shape index (κ2) is 22.4. The molecular weight excluding hydrogens is 911 g/mol. The van der Waals surface area contributed by atoms with E-state index in [-0.39, 0.29) is 48.8 Å². The van der Waals surface area contributed by atoms with Crippen molar-refractivity contribution in [1.29, 1.82) is 0 Å². The Morgan fingerprint density at radius 2 is 1.18 bits per heavy atom. The number of Topliss-reactive ketones (excluding diaryl/α,β-unsaturated/α-hetero) is 1. The summed E-state index contributed by atoms with van der Waals surface area (Å²) < 4.78 is 36.2. The van der Waals surface area contributed by atoms with E-state index in [1.165, 1.54) is 11.1 Å². The monoisotopic (exact) mass is 980 g/mol. The summed E-state index contributed by atoms with van der Waals surface area (Å²) in [6, 6.07) is 30.4. The number of nitrogens with zero attached hydrogens (tertiary/aromatic N) is 5. The first kappa shape index (κ1) is 50.3. The fraction of sp³-hybridized carbons (Fsp3) is 0.431. The molecule has 5 aromatic carbocycles. The SMILES string of the molecule is COCCOCCOCCN(CCCC(=O)C(C)C)c1cc(COc2cc3c(cc2C)C(=O)N2c4ccccc4C[C@H]2CN3C)cc(COc2cc3c(cc2OC)C(=O)N2c4ccccc4C[C@H]2CN3C)c1. The van der Waals surface area contributed by atoms with Crippen LogP contribution in [0.15, 0.2) is 91.0 Å². The average molecular weight is 980 g/mol. The minimum Gasteiger partial charge on any atom is -0.493 e. The van der Waals surface area contributed by atoms with Crippen molar-refractivity contribution in [3.8, 4) is 17.2 Å². The van der Waals surface area contributed by atoms with Crippen molar-refractivity contribution in [2.24, 2.45) is 5.92 Å². The molecule has 0 saturated carbocycles. The predicted octanol–water partition coefficient (Wildman–Crippen LogP) is 8.70. The fourth-order valence-electron chi connectivity index (χ4n) is 10.6. The number of fused-ring (bicyclic) bond motifs is 8. The Kier molecular flexibility index (Phi) is 15.7. The zero-order valence-electron chi connectivity index (χ0n) is 42.9. The number of amides is 2. The van der Waals surface area contributed by atoms with Crippen molar-refractivity contribution >= 4 is 46.0 Å². The molecule has 0 radical (unpaired) electrons. The van der Waals surface area contributed by atoms with E-state index >= 15 is 0 Å². The fourth-order valence-corrected chi connectivity index (χ4v) is 10.6. The van der Waals surface area contributed by atoms with Gasteiger partial charge in [-0.2, -0.15) is 0 Å². The molecule has 5 aromatic rings. The van der Waals surface area contributed by atoms with E-state index in [1.807, 2.05) is 105 Å². The van der Waals surface area contributed by atoms with Crippen molar-refractivity contribution in [3.63, 3.8) is 0 Å². The highest BCUT2D eigenvalue weighted by atomic mass is 16.5. The first-order valence-electron chi connectivity index (χ1n) is 25.3. The van der Waals surface area contributed by atoms with Crippen LogP contribution in [0.5, 0.6) is 17.2 Å².